The highest BCUT2D eigenvalue weighted by Crippen LogP contribution is 2.34. The van der Waals surface area contributed by atoms with E-state index < -0.39 is 5.97 Å². The predicted octanol–water partition coefficient (Wildman–Crippen LogP) is 4.08. The minimum absolute atomic E-state index is 0. The zero-order valence-corrected chi connectivity index (χ0v) is 19.1. The van der Waals surface area contributed by atoms with Crippen molar-refractivity contribution in [3.05, 3.63) is 52.2 Å². The van der Waals surface area contributed by atoms with E-state index >= 15 is 0 Å². The smallest absolute Gasteiger partial charge is 0.332 e. The van der Waals surface area contributed by atoms with E-state index in [0.717, 1.165) is 70.3 Å². The van der Waals surface area contributed by atoms with Crippen LogP contribution in [-0.2, 0) is 17.6 Å². The minimum Gasteiger partial charge on any atom is -0.481 e. The lowest BCUT2D eigenvalue weighted by Crippen LogP contribution is -2.29. The van der Waals surface area contributed by atoms with E-state index in [1.54, 1.807) is 4.57 Å². The number of carboxylic acids is 1. The molecule has 0 unspecified atom stereocenters. The normalized spacial score (nSPS) is 21.7. The molecule has 0 amide bonds. The number of benzene rings is 1. The Labute approximate surface area is 190 Å². The number of halogens is 1. The number of likely N-dealkylation sites (N-methyl/N-ethyl adjacent to an activating group) is 1. The fourth-order valence-corrected chi connectivity index (χ4v) is 5.13. The van der Waals surface area contributed by atoms with Crippen molar-refractivity contribution in [2.45, 2.75) is 64.3 Å². The number of nitrogens with zero attached hydrogens (tertiary/aromatic N) is 3. The molecule has 170 valence electrons. The summed E-state index contributed by atoms with van der Waals surface area (Å²) in [6, 6.07) is 6.69. The number of hydrogen-bond donors (Lipinski definition) is 1. The minimum atomic E-state index is -0.714. The van der Waals surface area contributed by atoms with Crippen LogP contribution >= 0.6 is 12.4 Å². The lowest BCUT2D eigenvalue weighted by atomic mass is 9.83. The van der Waals surface area contributed by atoms with Crippen LogP contribution in [0.4, 0.5) is 0 Å². The Morgan fingerprint density at radius 1 is 1.06 bits per heavy atom. The Morgan fingerprint density at radius 2 is 1.77 bits per heavy atom. The van der Waals surface area contributed by atoms with E-state index in [4.69, 9.17) is 5.11 Å². The van der Waals surface area contributed by atoms with Crippen molar-refractivity contribution in [3.63, 3.8) is 0 Å². The van der Waals surface area contributed by atoms with Crippen LogP contribution in [0.1, 0.15) is 62.6 Å². The van der Waals surface area contributed by atoms with Gasteiger partial charge in [0.2, 0.25) is 0 Å². The molecule has 1 fully saturated rings. The SMILES string of the molecule is CCN1CCc2ccc(-n3ccn([C@H]4CC[C@H](CCC(=O)O)CC4)c3=O)cc2CC1.Cl. The highest BCUT2D eigenvalue weighted by Gasteiger charge is 2.24. The third kappa shape index (κ3) is 5.42. The summed E-state index contributed by atoms with van der Waals surface area (Å²) in [6.45, 7) is 5.48. The number of aliphatic carboxylic acids is 1. The summed E-state index contributed by atoms with van der Waals surface area (Å²) in [7, 11) is 0. The molecule has 1 aliphatic heterocycles. The lowest BCUT2D eigenvalue weighted by Gasteiger charge is -2.28. The van der Waals surface area contributed by atoms with Gasteiger partial charge in [0.25, 0.3) is 0 Å². The molecule has 31 heavy (non-hydrogen) atoms. The Kier molecular flexibility index (Phi) is 8.00. The van der Waals surface area contributed by atoms with Gasteiger partial charge in [0.05, 0.1) is 5.69 Å². The van der Waals surface area contributed by atoms with Crippen LogP contribution in [0.25, 0.3) is 5.69 Å². The zero-order chi connectivity index (χ0) is 21.1. The molecule has 1 N–H and O–H groups in total. The number of fused-ring (bicyclic) bond motifs is 1. The first-order valence-corrected chi connectivity index (χ1v) is 11.4. The number of aromatic nitrogens is 2. The summed E-state index contributed by atoms with van der Waals surface area (Å²) in [4.78, 5) is 26.4. The summed E-state index contributed by atoms with van der Waals surface area (Å²) >= 11 is 0. The largest absolute Gasteiger partial charge is 0.481 e. The lowest BCUT2D eigenvalue weighted by molar-refractivity contribution is -0.137. The van der Waals surface area contributed by atoms with E-state index in [-0.39, 0.29) is 30.6 Å². The van der Waals surface area contributed by atoms with Gasteiger partial charge in [-0.05, 0) is 80.7 Å². The molecule has 7 heteroatoms. The Morgan fingerprint density at radius 3 is 2.45 bits per heavy atom. The molecular weight excluding hydrogens is 414 g/mol. The monoisotopic (exact) mass is 447 g/mol. The van der Waals surface area contributed by atoms with Gasteiger partial charge in [-0.2, -0.15) is 0 Å². The van der Waals surface area contributed by atoms with E-state index in [1.807, 2.05) is 17.0 Å². The highest BCUT2D eigenvalue weighted by atomic mass is 35.5. The predicted molar refractivity (Wildman–Crippen MR) is 125 cm³/mol. The summed E-state index contributed by atoms with van der Waals surface area (Å²) in [6.07, 6.45) is 10.8. The van der Waals surface area contributed by atoms with Crippen molar-refractivity contribution in [3.8, 4) is 5.69 Å². The molecule has 6 nitrogen and oxygen atoms in total. The Bertz CT molecular complexity index is 944. The first kappa shape index (κ1) is 23.6. The summed E-state index contributed by atoms with van der Waals surface area (Å²) in [5.41, 5.74) is 3.76. The average molecular weight is 448 g/mol. The van der Waals surface area contributed by atoms with Gasteiger partial charge in [-0.3, -0.25) is 13.9 Å². The molecule has 0 spiro atoms. The first-order chi connectivity index (χ1) is 14.5. The molecule has 1 aliphatic carbocycles. The van der Waals surface area contributed by atoms with Crippen LogP contribution in [0.5, 0.6) is 0 Å². The Hall–Kier alpha value is -2.05. The average Bonchev–Trinajstić information content (AvgIpc) is 3.01. The summed E-state index contributed by atoms with van der Waals surface area (Å²) in [5.74, 6) is -0.240. The number of imidazole rings is 1. The van der Waals surface area contributed by atoms with Crippen LogP contribution in [-0.4, -0.2) is 44.7 Å². The maximum absolute atomic E-state index is 13.1. The molecule has 2 heterocycles. The van der Waals surface area contributed by atoms with Crippen molar-refractivity contribution in [2.24, 2.45) is 5.92 Å². The van der Waals surface area contributed by atoms with Crippen LogP contribution in [0, 0.1) is 5.92 Å². The number of carbonyl (C=O) groups is 1. The molecule has 4 rings (SSSR count). The van der Waals surface area contributed by atoms with Crippen LogP contribution in [0.2, 0.25) is 0 Å². The van der Waals surface area contributed by atoms with Crippen molar-refractivity contribution in [1.29, 1.82) is 0 Å². The van der Waals surface area contributed by atoms with Crippen LogP contribution in [0.3, 0.4) is 0 Å². The molecule has 1 aromatic carbocycles. The number of carboxylic acid groups (broad SMARTS) is 1. The zero-order valence-electron chi connectivity index (χ0n) is 18.3. The van der Waals surface area contributed by atoms with E-state index in [2.05, 4.69) is 30.0 Å². The third-order valence-corrected chi connectivity index (χ3v) is 7.09. The second-order valence-corrected chi connectivity index (χ2v) is 8.85. The molecular formula is C24H34ClN3O3. The second-order valence-electron chi connectivity index (χ2n) is 8.85. The molecule has 1 saturated carbocycles. The number of rotatable bonds is 6. The fraction of sp³-hybridized carbons (Fsp3) is 0.583. The molecule has 0 radical (unpaired) electrons. The van der Waals surface area contributed by atoms with Crippen molar-refractivity contribution < 1.29 is 9.90 Å². The van der Waals surface area contributed by atoms with Crippen molar-refractivity contribution in [1.82, 2.24) is 14.0 Å². The Balaban J connectivity index is 0.00000272. The molecule has 0 atom stereocenters. The standard InChI is InChI=1S/C24H33N3O3.ClH/c1-2-25-13-11-19-6-9-22(17-20(19)12-14-25)27-16-15-26(24(27)30)21-7-3-18(4-8-21)5-10-23(28)29;/h6,9,15-18,21H,2-5,7-8,10-14H2,1H3,(H,28,29);1H/t18-,21-;. The third-order valence-electron chi connectivity index (χ3n) is 7.09. The first-order valence-electron chi connectivity index (χ1n) is 11.4. The number of hydrogen-bond acceptors (Lipinski definition) is 3. The quantitative estimate of drug-likeness (QED) is 0.724. The summed E-state index contributed by atoms with van der Waals surface area (Å²) < 4.78 is 3.66. The summed E-state index contributed by atoms with van der Waals surface area (Å²) in [5, 5.41) is 8.89. The molecule has 2 aliphatic rings. The van der Waals surface area contributed by atoms with E-state index in [1.165, 1.54) is 11.1 Å². The van der Waals surface area contributed by atoms with Gasteiger partial charge in [-0.25, -0.2) is 4.79 Å². The maximum atomic E-state index is 13.1. The molecule has 2 aromatic rings. The van der Waals surface area contributed by atoms with Gasteiger partial charge >= 0.3 is 11.7 Å². The highest BCUT2D eigenvalue weighted by molar-refractivity contribution is 5.85. The second kappa shape index (κ2) is 10.5. The van der Waals surface area contributed by atoms with Crippen molar-refractivity contribution >= 4 is 18.4 Å². The van der Waals surface area contributed by atoms with Gasteiger partial charge in [0, 0.05) is 37.9 Å². The maximum Gasteiger partial charge on any atom is 0.332 e. The molecule has 1 aromatic heterocycles. The molecule has 0 bridgehead atoms. The van der Waals surface area contributed by atoms with Gasteiger partial charge in [-0.15, -0.1) is 12.4 Å². The van der Waals surface area contributed by atoms with Crippen LogP contribution < -0.4 is 5.69 Å². The van der Waals surface area contributed by atoms with Gasteiger partial charge in [-0.1, -0.05) is 13.0 Å². The fourth-order valence-electron chi connectivity index (χ4n) is 5.13. The molecule has 0 saturated heterocycles. The topological polar surface area (TPSA) is 67.5 Å². The van der Waals surface area contributed by atoms with Gasteiger partial charge in [0.1, 0.15) is 0 Å². The van der Waals surface area contributed by atoms with Crippen molar-refractivity contribution in [2.75, 3.05) is 19.6 Å². The van der Waals surface area contributed by atoms with Crippen LogP contribution in [0.15, 0.2) is 35.4 Å². The van der Waals surface area contributed by atoms with Gasteiger partial charge < -0.3 is 10.0 Å². The van der Waals surface area contributed by atoms with E-state index in [9.17, 15) is 9.59 Å². The van der Waals surface area contributed by atoms with E-state index in [0.29, 0.717) is 5.92 Å². The van der Waals surface area contributed by atoms with Gasteiger partial charge in [0.15, 0.2) is 0 Å².